The highest BCUT2D eigenvalue weighted by Crippen LogP contribution is 2.48. The lowest BCUT2D eigenvalue weighted by Crippen LogP contribution is -2.52. The summed E-state index contributed by atoms with van der Waals surface area (Å²) in [7, 11) is 1.60. The van der Waals surface area contributed by atoms with Gasteiger partial charge in [0.05, 0.1) is 19.8 Å². The molecule has 1 aromatic carbocycles. The fourth-order valence-corrected chi connectivity index (χ4v) is 4.25. The molecule has 9 nitrogen and oxygen atoms in total. The summed E-state index contributed by atoms with van der Waals surface area (Å²) in [4.78, 5) is 35.2. The normalized spacial score (nSPS) is 29.5. The maximum Gasteiger partial charge on any atom is 0.305 e. The van der Waals surface area contributed by atoms with Crippen LogP contribution >= 0.6 is 0 Å². The van der Waals surface area contributed by atoms with Crippen LogP contribution in [0, 0.1) is 0 Å². The van der Waals surface area contributed by atoms with Crippen molar-refractivity contribution in [2.45, 2.75) is 76.8 Å². The Hall–Kier alpha value is -2.65. The van der Waals surface area contributed by atoms with Gasteiger partial charge < -0.3 is 28.4 Å². The zero-order valence-electron chi connectivity index (χ0n) is 18.1. The summed E-state index contributed by atoms with van der Waals surface area (Å²) in [6, 6.07) is 7.46. The Labute approximate surface area is 180 Å². The van der Waals surface area contributed by atoms with Crippen molar-refractivity contribution < 1.29 is 42.8 Å². The molecule has 0 N–H and O–H groups in total. The Morgan fingerprint density at radius 1 is 1.00 bits per heavy atom. The molecule has 5 atom stereocenters. The predicted octanol–water partition coefficient (Wildman–Crippen LogP) is 2.29. The molecule has 0 amide bonds. The van der Waals surface area contributed by atoms with Gasteiger partial charge >= 0.3 is 17.9 Å². The van der Waals surface area contributed by atoms with Crippen LogP contribution in [-0.2, 0) is 44.7 Å². The average molecular weight is 436 g/mol. The van der Waals surface area contributed by atoms with E-state index in [1.54, 1.807) is 7.11 Å². The molecule has 1 heterocycles. The second kappa shape index (κ2) is 9.65. The standard InChI is InChI=1S/C22H28O9/c1-13(23)28-19-20(29-14(2)24)22(31-21(19)30-15(3)25)11-5-6-18(22)27-12-16-7-9-17(26-4)10-8-16/h7-10,18-21H,5-6,11-12H2,1-4H3/t18-,19-,20+,21?,22-/m1/s1. The molecule has 2 fully saturated rings. The molecule has 1 aliphatic heterocycles. The van der Waals surface area contributed by atoms with E-state index in [1.807, 2.05) is 24.3 Å². The van der Waals surface area contributed by atoms with E-state index in [4.69, 9.17) is 28.4 Å². The number of hydrogen-bond acceptors (Lipinski definition) is 9. The van der Waals surface area contributed by atoms with Gasteiger partial charge in [-0.3, -0.25) is 14.4 Å². The number of esters is 3. The molecular weight excluding hydrogens is 408 g/mol. The van der Waals surface area contributed by atoms with Crippen LogP contribution in [0.4, 0.5) is 0 Å². The molecule has 1 saturated heterocycles. The van der Waals surface area contributed by atoms with Crippen molar-refractivity contribution >= 4 is 17.9 Å². The second-order valence-corrected chi connectivity index (χ2v) is 7.69. The minimum atomic E-state index is -1.20. The summed E-state index contributed by atoms with van der Waals surface area (Å²) >= 11 is 0. The van der Waals surface area contributed by atoms with Crippen LogP contribution in [0.15, 0.2) is 24.3 Å². The van der Waals surface area contributed by atoms with Crippen molar-refractivity contribution in [1.82, 2.24) is 0 Å². The van der Waals surface area contributed by atoms with Gasteiger partial charge in [-0.15, -0.1) is 0 Å². The van der Waals surface area contributed by atoms with Gasteiger partial charge in [0.2, 0.25) is 12.4 Å². The largest absolute Gasteiger partial charge is 0.497 e. The summed E-state index contributed by atoms with van der Waals surface area (Å²) < 4.78 is 33.7. The topological polar surface area (TPSA) is 107 Å². The molecular formula is C22H28O9. The van der Waals surface area contributed by atoms with Gasteiger partial charge in [-0.25, -0.2) is 0 Å². The minimum Gasteiger partial charge on any atom is -0.497 e. The Morgan fingerprint density at radius 2 is 1.65 bits per heavy atom. The van der Waals surface area contributed by atoms with Crippen LogP contribution in [0.3, 0.4) is 0 Å². The van der Waals surface area contributed by atoms with Gasteiger partial charge in [0.1, 0.15) is 11.4 Å². The molecule has 9 heteroatoms. The lowest BCUT2D eigenvalue weighted by molar-refractivity contribution is -0.220. The number of hydrogen-bond donors (Lipinski definition) is 0. The third-order valence-corrected chi connectivity index (χ3v) is 5.45. The number of ether oxygens (including phenoxy) is 6. The van der Waals surface area contributed by atoms with E-state index in [0.717, 1.165) is 17.7 Å². The van der Waals surface area contributed by atoms with Crippen LogP contribution in [0.5, 0.6) is 5.75 Å². The predicted molar refractivity (Wildman–Crippen MR) is 106 cm³/mol. The van der Waals surface area contributed by atoms with Crippen molar-refractivity contribution in [3.05, 3.63) is 29.8 Å². The van der Waals surface area contributed by atoms with Gasteiger partial charge in [0, 0.05) is 20.8 Å². The van der Waals surface area contributed by atoms with Crippen molar-refractivity contribution in [2.24, 2.45) is 0 Å². The van der Waals surface area contributed by atoms with E-state index in [1.165, 1.54) is 20.8 Å². The second-order valence-electron chi connectivity index (χ2n) is 7.69. The van der Waals surface area contributed by atoms with Gasteiger partial charge in [-0.05, 0) is 37.0 Å². The Balaban J connectivity index is 1.85. The van der Waals surface area contributed by atoms with E-state index in [9.17, 15) is 14.4 Å². The Kier molecular flexibility index (Phi) is 7.17. The van der Waals surface area contributed by atoms with Crippen molar-refractivity contribution in [2.75, 3.05) is 7.11 Å². The molecule has 0 bridgehead atoms. The van der Waals surface area contributed by atoms with E-state index >= 15 is 0 Å². The highest BCUT2D eigenvalue weighted by Gasteiger charge is 2.65. The zero-order chi connectivity index (χ0) is 22.6. The van der Waals surface area contributed by atoms with Crippen molar-refractivity contribution in [3.63, 3.8) is 0 Å². The summed E-state index contributed by atoms with van der Waals surface area (Å²) in [6.07, 6.45) is -1.84. The number of carbonyl (C=O) groups excluding carboxylic acids is 3. The molecule has 3 rings (SSSR count). The SMILES string of the molecule is COc1ccc(CO[C@@H]2CCC[C@@]23OC(OC(C)=O)[C@H](OC(C)=O)[C@@H]3OC(C)=O)cc1. The van der Waals surface area contributed by atoms with Crippen molar-refractivity contribution in [1.29, 1.82) is 0 Å². The van der Waals surface area contributed by atoms with Crippen LogP contribution < -0.4 is 4.74 Å². The third-order valence-electron chi connectivity index (χ3n) is 5.45. The van der Waals surface area contributed by atoms with E-state index < -0.39 is 48.1 Å². The average Bonchev–Trinajstić information content (AvgIpc) is 3.22. The number of methoxy groups -OCH3 is 1. The molecule has 170 valence electrons. The first kappa shape index (κ1) is 23.0. The fourth-order valence-electron chi connectivity index (χ4n) is 4.25. The molecule has 1 saturated carbocycles. The Morgan fingerprint density at radius 3 is 2.23 bits per heavy atom. The monoisotopic (exact) mass is 436 g/mol. The molecule has 1 aromatic rings. The first-order valence-corrected chi connectivity index (χ1v) is 10.2. The first-order chi connectivity index (χ1) is 14.7. The van der Waals surface area contributed by atoms with Crippen LogP contribution in [0.25, 0.3) is 0 Å². The molecule has 1 unspecified atom stereocenters. The van der Waals surface area contributed by atoms with E-state index in [-0.39, 0.29) is 0 Å². The highest BCUT2D eigenvalue weighted by atomic mass is 16.8. The Bertz CT molecular complexity index is 806. The van der Waals surface area contributed by atoms with Gasteiger partial charge in [-0.2, -0.15) is 0 Å². The number of benzene rings is 1. The highest BCUT2D eigenvalue weighted by molar-refractivity contribution is 5.68. The molecule has 2 aliphatic rings. The van der Waals surface area contributed by atoms with Gasteiger partial charge in [0.25, 0.3) is 0 Å². The molecule has 1 aliphatic carbocycles. The van der Waals surface area contributed by atoms with Crippen LogP contribution in [0.1, 0.15) is 45.6 Å². The third kappa shape index (κ3) is 5.16. The summed E-state index contributed by atoms with van der Waals surface area (Å²) in [5.41, 5.74) is -0.170. The maximum atomic E-state index is 11.9. The maximum absolute atomic E-state index is 11.9. The van der Waals surface area contributed by atoms with Crippen molar-refractivity contribution in [3.8, 4) is 5.75 Å². The van der Waals surface area contributed by atoms with Crippen LogP contribution in [-0.4, -0.2) is 55.2 Å². The lowest BCUT2D eigenvalue weighted by atomic mass is 9.91. The quantitative estimate of drug-likeness (QED) is 0.470. The van der Waals surface area contributed by atoms with Gasteiger partial charge in [0.15, 0.2) is 6.10 Å². The van der Waals surface area contributed by atoms with E-state index in [2.05, 4.69) is 0 Å². The molecule has 31 heavy (non-hydrogen) atoms. The van der Waals surface area contributed by atoms with E-state index in [0.29, 0.717) is 19.4 Å². The number of carbonyl (C=O) groups is 3. The number of rotatable bonds is 7. The zero-order valence-corrected chi connectivity index (χ0v) is 18.1. The van der Waals surface area contributed by atoms with Crippen LogP contribution in [0.2, 0.25) is 0 Å². The first-order valence-electron chi connectivity index (χ1n) is 10.2. The minimum absolute atomic E-state index is 0.295. The fraction of sp³-hybridized carbons (Fsp3) is 0.591. The molecule has 0 aromatic heterocycles. The molecule has 0 radical (unpaired) electrons. The smallest absolute Gasteiger partial charge is 0.305 e. The lowest BCUT2D eigenvalue weighted by Gasteiger charge is -2.35. The molecule has 1 spiro atoms. The summed E-state index contributed by atoms with van der Waals surface area (Å²) in [6.45, 7) is 4.02. The van der Waals surface area contributed by atoms with Gasteiger partial charge in [-0.1, -0.05) is 12.1 Å². The summed E-state index contributed by atoms with van der Waals surface area (Å²) in [5, 5.41) is 0. The summed E-state index contributed by atoms with van der Waals surface area (Å²) in [5.74, 6) is -1.03.